The predicted molar refractivity (Wildman–Crippen MR) is 61.2 cm³/mol. The van der Waals surface area contributed by atoms with Crippen LogP contribution in [0, 0.1) is 0 Å². The zero-order chi connectivity index (χ0) is 10.4. The van der Waals surface area contributed by atoms with Gasteiger partial charge in [0.1, 0.15) is 0 Å². The van der Waals surface area contributed by atoms with Gasteiger partial charge in [-0.1, -0.05) is 83.5 Å². The van der Waals surface area contributed by atoms with Crippen LogP contribution in [0.25, 0.3) is 0 Å². The van der Waals surface area contributed by atoms with Crippen LogP contribution in [0.4, 0.5) is 0 Å². The maximum absolute atomic E-state index is 5.25. The van der Waals surface area contributed by atoms with Crippen LogP contribution in [0.1, 0.15) is 26.7 Å². The molecule has 0 spiro atoms. The quantitative estimate of drug-likeness (QED) is 0.515. The summed E-state index contributed by atoms with van der Waals surface area (Å²) in [7, 11) is 0. The van der Waals surface area contributed by atoms with Crippen LogP contribution in [0.2, 0.25) is 0 Å². The maximum atomic E-state index is 5.25. The molecule has 76 valence electrons. The molecule has 0 N–H and O–H groups in total. The smallest absolute Gasteiger partial charge is 0.0837 e. The van der Waals surface area contributed by atoms with Crippen molar-refractivity contribution in [3.05, 3.63) is 0 Å². The van der Waals surface area contributed by atoms with Gasteiger partial charge in [-0.25, -0.2) is 0 Å². The van der Waals surface area contributed by atoms with Gasteiger partial charge in [0, 0.05) is 0 Å². The molecule has 0 aromatic heterocycles. The molecule has 0 radical (unpaired) electrons. The first-order chi connectivity index (χ1) is 5.12. The molecule has 0 aromatic carbocycles. The van der Waals surface area contributed by atoms with Gasteiger partial charge in [-0.05, 0) is 12.8 Å². The Kier molecular flexibility index (Phi) is 9.56. The molecule has 0 saturated heterocycles. The van der Waals surface area contributed by atoms with Crippen LogP contribution in [-0.4, -0.2) is 7.59 Å². The Balaban J connectivity index is 0. The second-order valence-electron chi connectivity index (χ2n) is 1.94. The normalized spacial score (nSPS) is 12.0. The van der Waals surface area contributed by atoms with Crippen molar-refractivity contribution < 1.29 is 0 Å². The molecule has 0 fully saturated rings. The summed E-state index contributed by atoms with van der Waals surface area (Å²) in [4.78, 5) is 0. The first kappa shape index (κ1) is 16.2. The second-order valence-corrected chi connectivity index (χ2v) is 6.97. The summed E-state index contributed by atoms with van der Waals surface area (Å²) in [6, 6.07) is 0. The molecule has 12 heavy (non-hydrogen) atoms. The standard InChI is InChI=1S/2C3H5Cl3/c2*1-2-3(4,5)6/h2*2H2,1H3. The third-order valence-electron chi connectivity index (χ3n) is 0.802. The number of rotatable bonds is 0. The van der Waals surface area contributed by atoms with Gasteiger partial charge in [0.15, 0.2) is 7.59 Å². The second kappa shape index (κ2) is 7.09. The molecule has 0 amide bonds. The van der Waals surface area contributed by atoms with E-state index in [1.807, 2.05) is 13.8 Å². The minimum Gasteiger partial charge on any atom is -0.0837 e. The highest BCUT2D eigenvalue weighted by Gasteiger charge is 2.14. The first-order valence-electron chi connectivity index (χ1n) is 3.26. The van der Waals surface area contributed by atoms with E-state index in [1.54, 1.807) is 0 Å². The van der Waals surface area contributed by atoms with Gasteiger partial charge in [-0.3, -0.25) is 0 Å². The van der Waals surface area contributed by atoms with E-state index in [1.165, 1.54) is 0 Å². The SMILES string of the molecule is CCC(Cl)(Cl)Cl.CCC(Cl)(Cl)Cl. The first-order valence-corrected chi connectivity index (χ1v) is 5.52. The largest absolute Gasteiger partial charge is 0.190 e. The summed E-state index contributed by atoms with van der Waals surface area (Å²) in [5.41, 5.74) is 0. The van der Waals surface area contributed by atoms with Crippen LogP contribution < -0.4 is 0 Å². The van der Waals surface area contributed by atoms with Gasteiger partial charge in [0.05, 0.1) is 0 Å². The van der Waals surface area contributed by atoms with E-state index in [2.05, 4.69) is 0 Å². The lowest BCUT2D eigenvalue weighted by atomic mass is 10.6. The number of alkyl halides is 6. The van der Waals surface area contributed by atoms with Crippen molar-refractivity contribution in [1.82, 2.24) is 0 Å². The van der Waals surface area contributed by atoms with Gasteiger partial charge in [0.25, 0.3) is 0 Å². The monoisotopic (exact) mass is 292 g/mol. The lowest BCUT2D eigenvalue weighted by Crippen LogP contribution is -1.95. The lowest BCUT2D eigenvalue weighted by molar-refractivity contribution is 0.974. The highest BCUT2D eigenvalue weighted by atomic mass is 35.6. The van der Waals surface area contributed by atoms with Gasteiger partial charge in [0.2, 0.25) is 0 Å². The third-order valence-corrected chi connectivity index (χ3v) is 2.41. The maximum Gasteiger partial charge on any atom is 0.190 e. The predicted octanol–water partition coefficient (Wildman–Crippen LogP) is 5.53. The van der Waals surface area contributed by atoms with E-state index >= 15 is 0 Å². The Morgan fingerprint density at radius 1 is 0.667 bits per heavy atom. The van der Waals surface area contributed by atoms with Crippen molar-refractivity contribution in [2.75, 3.05) is 0 Å². The number of halogens is 6. The Morgan fingerprint density at radius 2 is 0.750 bits per heavy atom. The van der Waals surface area contributed by atoms with E-state index < -0.39 is 7.59 Å². The fraction of sp³-hybridized carbons (Fsp3) is 1.00. The summed E-state index contributed by atoms with van der Waals surface area (Å²) in [6.07, 6.45) is 1.13. The molecule has 0 rings (SSSR count). The van der Waals surface area contributed by atoms with Crippen LogP contribution >= 0.6 is 69.6 Å². The molecule has 0 heterocycles. The summed E-state index contributed by atoms with van der Waals surface area (Å²) in [6.45, 7) is 3.62. The Morgan fingerprint density at radius 3 is 0.750 bits per heavy atom. The molecule has 0 nitrogen and oxygen atoms in total. The lowest BCUT2D eigenvalue weighted by Gasteiger charge is -2.02. The third kappa shape index (κ3) is 22.6. The number of hydrogen-bond donors (Lipinski definition) is 0. The molecular weight excluding hydrogens is 285 g/mol. The molecule has 0 aliphatic carbocycles. The fourth-order valence-corrected chi connectivity index (χ4v) is 0. The van der Waals surface area contributed by atoms with Crippen LogP contribution in [-0.2, 0) is 0 Å². The fourth-order valence-electron chi connectivity index (χ4n) is 0. The van der Waals surface area contributed by atoms with Crippen molar-refractivity contribution in [3.8, 4) is 0 Å². The molecule has 0 aromatic rings. The van der Waals surface area contributed by atoms with E-state index in [4.69, 9.17) is 69.6 Å². The van der Waals surface area contributed by atoms with Crippen LogP contribution in [0.5, 0.6) is 0 Å². The summed E-state index contributed by atoms with van der Waals surface area (Å²) in [5, 5.41) is 0. The molecule has 0 saturated carbocycles. The molecule has 0 atom stereocenters. The zero-order valence-corrected chi connectivity index (χ0v) is 11.2. The molecule has 6 heteroatoms. The van der Waals surface area contributed by atoms with Gasteiger partial charge in [-0.2, -0.15) is 0 Å². The highest BCUT2D eigenvalue weighted by molar-refractivity contribution is 6.67. The van der Waals surface area contributed by atoms with Crippen LogP contribution in [0.15, 0.2) is 0 Å². The van der Waals surface area contributed by atoms with E-state index in [9.17, 15) is 0 Å². The van der Waals surface area contributed by atoms with Crippen molar-refractivity contribution >= 4 is 69.6 Å². The number of hydrogen-bond acceptors (Lipinski definition) is 0. The summed E-state index contributed by atoms with van der Waals surface area (Å²) >= 11 is 31.5. The highest BCUT2D eigenvalue weighted by Crippen LogP contribution is 2.29. The van der Waals surface area contributed by atoms with E-state index in [-0.39, 0.29) is 0 Å². The minimum absolute atomic E-state index is 0.567. The van der Waals surface area contributed by atoms with Gasteiger partial charge in [-0.15, -0.1) is 0 Å². The van der Waals surface area contributed by atoms with Crippen molar-refractivity contribution in [2.24, 2.45) is 0 Å². The Labute approximate surface area is 103 Å². The van der Waals surface area contributed by atoms with E-state index in [0.717, 1.165) is 0 Å². The van der Waals surface area contributed by atoms with Crippen molar-refractivity contribution in [2.45, 2.75) is 34.3 Å². The zero-order valence-electron chi connectivity index (χ0n) is 6.68. The van der Waals surface area contributed by atoms with Gasteiger partial charge < -0.3 is 0 Å². The molecule has 0 unspecified atom stereocenters. The molecule has 0 bridgehead atoms. The topological polar surface area (TPSA) is 0 Å². The molecule has 0 aliphatic rings. The summed E-state index contributed by atoms with van der Waals surface area (Å²) < 4.78 is -2.08. The average Bonchev–Trinajstić information content (AvgIpc) is 1.86. The van der Waals surface area contributed by atoms with Crippen molar-refractivity contribution in [3.63, 3.8) is 0 Å². The van der Waals surface area contributed by atoms with Crippen LogP contribution in [0.3, 0.4) is 0 Å². The van der Waals surface area contributed by atoms with Crippen molar-refractivity contribution in [1.29, 1.82) is 0 Å². The minimum atomic E-state index is -1.04. The molecular formula is C6H10Cl6. The Bertz CT molecular complexity index is 85.6. The average molecular weight is 295 g/mol. The summed E-state index contributed by atoms with van der Waals surface area (Å²) in [5.74, 6) is 0. The molecule has 0 aliphatic heterocycles. The van der Waals surface area contributed by atoms with Gasteiger partial charge >= 0.3 is 0 Å². The Hall–Kier alpha value is 1.74. The van der Waals surface area contributed by atoms with E-state index in [0.29, 0.717) is 12.8 Å².